The Balaban J connectivity index is 1.26. The van der Waals surface area contributed by atoms with Gasteiger partial charge in [-0.05, 0) is 53.8 Å². The minimum absolute atomic E-state index is 0.0473. The first kappa shape index (κ1) is 31.4. The summed E-state index contributed by atoms with van der Waals surface area (Å²) in [4.78, 5) is 35.9. The Hall–Kier alpha value is -5.63. The standard InChI is InChI=1S/C39H38N4O4/c1-39(21-11-16-29-12-5-2-6-13-29)22-23-42-27-33(25-40-37(39)42)43(38(46)47-28-30-14-7-3-8-15-30)26-31-19-20-34(44)24-35(31)36(45)41-32-17-9-4-10-18-32/h2-20,24-25,44H,21-23,26-28H2,1H3,(H,41,45)/t39-/m1/s1. The highest BCUT2D eigenvalue weighted by molar-refractivity contribution is 6.05. The summed E-state index contributed by atoms with van der Waals surface area (Å²) in [6, 6.07) is 33.5. The highest BCUT2D eigenvalue weighted by Gasteiger charge is 2.41. The van der Waals surface area contributed by atoms with E-state index in [1.807, 2.05) is 66.7 Å². The first-order valence-corrected chi connectivity index (χ1v) is 15.8. The molecule has 0 spiro atoms. The zero-order valence-corrected chi connectivity index (χ0v) is 26.4. The topological polar surface area (TPSA) is 94.5 Å². The lowest BCUT2D eigenvalue weighted by Gasteiger charge is -2.34. The van der Waals surface area contributed by atoms with E-state index in [2.05, 4.69) is 41.4 Å². The second-order valence-electron chi connectivity index (χ2n) is 12.1. The summed E-state index contributed by atoms with van der Waals surface area (Å²) in [6.07, 6.45) is 7.34. The van der Waals surface area contributed by atoms with E-state index in [1.165, 1.54) is 12.1 Å². The van der Waals surface area contributed by atoms with Gasteiger partial charge in [0.25, 0.3) is 5.91 Å². The molecule has 2 amide bonds. The van der Waals surface area contributed by atoms with Crippen LogP contribution in [0.15, 0.2) is 132 Å². The number of rotatable bonds is 10. The van der Waals surface area contributed by atoms with Crippen LogP contribution in [0.5, 0.6) is 5.75 Å². The average molecular weight is 627 g/mol. The van der Waals surface area contributed by atoms with Gasteiger partial charge in [0.1, 0.15) is 18.2 Å². The number of nitrogens with zero attached hydrogens (tertiary/aromatic N) is 3. The van der Waals surface area contributed by atoms with Gasteiger partial charge in [-0.25, -0.2) is 9.79 Å². The van der Waals surface area contributed by atoms with Crippen LogP contribution in [0, 0.1) is 5.41 Å². The summed E-state index contributed by atoms with van der Waals surface area (Å²) in [5.74, 6) is 0.564. The molecular weight excluding hydrogens is 588 g/mol. The minimum Gasteiger partial charge on any atom is -0.508 e. The number of aliphatic imine (C=N–C) groups is 1. The quantitative estimate of drug-likeness (QED) is 0.187. The van der Waals surface area contributed by atoms with Crippen LogP contribution in [0.2, 0.25) is 0 Å². The average Bonchev–Trinajstić information content (AvgIpc) is 3.43. The van der Waals surface area contributed by atoms with Crippen molar-refractivity contribution in [2.24, 2.45) is 10.4 Å². The van der Waals surface area contributed by atoms with Crippen LogP contribution >= 0.6 is 0 Å². The van der Waals surface area contributed by atoms with Crippen molar-refractivity contribution in [2.75, 3.05) is 18.4 Å². The number of anilines is 1. The lowest BCUT2D eigenvalue weighted by Crippen LogP contribution is -2.41. The fraction of sp³-hybridized carbons (Fsp3) is 0.205. The van der Waals surface area contributed by atoms with Crippen molar-refractivity contribution in [3.8, 4) is 5.75 Å². The van der Waals surface area contributed by atoms with Crippen molar-refractivity contribution < 1.29 is 19.4 Å². The van der Waals surface area contributed by atoms with Crippen LogP contribution in [0.4, 0.5) is 10.5 Å². The largest absolute Gasteiger partial charge is 0.508 e. The smallest absolute Gasteiger partial charge is 0.414 e. The predicted molar refractivity (Wildman–Crippen MR) is 185 cm³/mol. The van der Waals surface area contributed by atoms with E-state index in [-0.39, 0.29) is 29.9 Å². The fourth-order valence-corrected chi connectivity index (χ4v) is 6.00. The predicted octanol–water partition coefficient (Wildman–Crippen LogP) is 7.85. The maximum Gasteiger partial charge on any atom is 0.414 e. The van der Waals surface area contributed by atoms with Crippen molar-refractivity contribution in [1.29, 1.82) is 0 Å². The summed E-state index contributed by atoms with van der Waals surface area (Å²) in [7, 11) is 0. The molecule has 6 rings (SSSR count). The van der Waals surface area contributed by atoms with Gasteiger partial charge < -0.3 is 20.1 Å². The van der Waals surface area contributed by atoms with Crippen LogP contribution in [-0.2, 0) is 17.9 Å². The molecule has 2 heterocycles. The minimum atomic E-state index is -0.547. The van der Waals surface area contributed by atoms with Crippen molar-refractivity contribution in [3.05, 3.63) is 149 Å². The number of ether oxygens (including phenoxy) is 1. The third kappa shape index (κ3) is 7.61. The van der Waals surface area contributed by atoms with Crippen molar-refractivity contribution in [3.63, 3.8) is 0 Å². The Morgan fingerprint density at radius 1 is 0.979 bits per heavy atom. The SMILES string of the molecule is C[C@@]1(CC=Cc2ccccc2)CCN2CC(N(Cc3ccc(O)cc3C(=O)Nc3ccccc3)C(=O)OCc3ccccc3)=CN=C21. The summed E-state index contributed by atoms with van der Waals surface area (Å²) in [5.41, 5.74) is 4.00. The number of hydrogen-bond acceptors (Lipinski definition) is 6. The van der Waals surface area contributed by atoms with Gasteiger partial charge >= 0.3 is 6.09 Å². The summed E-state index contributed by atoms with van der Waals surface area (Å²) in [6.45, 7) is 3.67. The van der Waals surface area contributed by atoms with Gasteiger partial charge in [0.15, 0.2) is 0 Å². The van der Waals surface area contributed by atoms with Crippen LogP contribution in [0.1, 0.15) is 46.8 Å². The zero-order valence-electron chi connectivity index (χ0n) is 26.4. The van der Waals surface area contributed by atoms with Crippen molar-refractivity contribution in [1.82, 2.24) is 9.80 Å². The molecule has 238 valence electrons. The molecule has 4 aromatic carbocycles. The molecule has 0 bridgehead atoms. The van der Waals surface area contributed by atoms with Gasteiger partial charge in [-0.1, -0.05) is 104 Å². The second kappa shape index (κ2) is 14.2. The second-order valence-corrected chi connectivity index (χ2v) is 12.1. The van der Waals surface area contributed by atoms with Gasteiger partial charge in [0, 0.05) is 23.2 Å². The number of phenols is 1. The number of carbonyl (C=O) groups is 2. The third-order valence-corrected chi connectivity index (χ3v) is 8.61. The molecule has 1 atom stereocenters. The Morgan fingerprint density at radius 2 is 1.68 bits per heavy atom. The molecule has 1 fully saturated rings. The molecule has 1 saturated heterocycles. The number of fused-ring (bicyclic) bond motifs is 1. The molecule has 0 unspecified atom stereocenters. The maximum atomic E-state index is 13.8. The maximum absolute atomic E-state index is 13.8. The Bertz CT molecular complexity index is 1800. The van der Waals surface area contributed by atoms with E-state index in [4.69, 9.17) is 9.73 Å². The molecule has 47 heavy (non-hydrogen) atoms. The van der Waals surface area contributed by atoms with E-state index in [1.54, 1.807) is 29.3 Å². The first-order chi connectivity index (χ1) is 22.9. The molecular formula is C39H38N4O4. The zero-order chi connectivity index (χ0) is 32.6. The number of allylic oxidation sites excluding steroid dienone is 1. The van der Waals surface area contributed by atoms with E-state index >= 15 is 0 Å². The fourth-order valence-electron chi connectivity index (χ4n) is 6.00. The monoisotopic (exact) mass is 626 g/mol. The van der Waals surface area contributed by atoms with E-state index in [9.17, 15) is 14.7 Å². The number of para-hydroxylation sites is 1. The first-order valence-electron chi connectivity index (χ1n) is 15.8. The van der Waals surface area contributed by atoms with Crippen LogP contribution in [-0.4, -0.2) is 45.8 Å². The normalized spacial score (nSPS) is 17.1. The molecule has 0 saturated carbocycles. The molecule has 0 aromatic heterocycles. The molecule has 4 aromatic rings. The number of aromatic hydroxyl groups is 1. The summed E-state index contributed by atoms with van der Waals surface area (Å²) < 4.78 is 5.80. The number of amides is 2. The highest BCUT2D eigenvalue weighted by Crippen LogP contribution is 2.39. The Morgan fingerprint density at radius 3 is 2.43 bits per heavy atom. The highest BCUT2D eigenvalue weighted by atomic mass is 16.6. The lowest BCUT2D eigenvalue weighted by molar-refractivity contribution is 0.0994. The van der Waals surface area contributed by atoms with Crippen molar-refractivity contribution in [2.45, 2.75) is 32.9 Å². The van der Waals surface area contributed by atoms with Crippen LogP contribution in [0.25, 0.3) is 6.08 Å². The summed E-state index contributed by atoms with van der Waals surface area (Å²) in [5, 5.41) is 13.2. The van der Waals surface area contributed by atoms with Gasteiger partial charge in [0.2, 0.25) is 0 Å². The van der Waals surface area contributed by atoms with E-state index in [0.717, 1.165) is 36.3 Å². The number of nitrogens with one attached hydrogen (secondary N) is 1. The van der Waals surface area contributed by atoms with Crippen LogP contribution in [0.3, 0.4) is 0 Å². The third-order valence-electron chi connectivity index (χ3n) is 8.61. The molecule has 2 aliphatic rings. The number of amidine groups is 1. The molecule has 8 heteroatoms. The summed E-state index contributed by atoms with van der Waals surface area (Å²) >= 11 is 0. The molecule has 0 radical (unpaired) electrons. The van der Waals surface area contributed by atoms with Crippen LogP contribution < -0.4 is 5.32 Å². The number of hydrogen-bond donors (Lipinski definition) is 2. The number of phenolic OH excluding ortho intramolecular Hbond substituents is 1. The van der Waals surface area contributed by atoms with Gasteiger partial charge in [-0.3, -0.25) is 9.69 Å². The Labute approximate surface area is 275 Å². The van der Waals surface area contributed by atoms with E-state index in [0.29, 0.717) is 23.5 Å². The van der Waals surface area contributed by atoms with Gasteiger partial charge in [-0.2, -0.15) is 0 Å². The number of carbonyl (C=O) groups excluding carboxylic acids is 2. The molecule has 0 aliphatic carbocycles. The number of benzene rings is 4. The van der Waals surface area contributed by atoms with Gasteiger partial charge in [-0.15, -0.1) is 0 Å². The van der Waals surface area contributed by atoms with E-state index < -0.39 is 12.0 Å². The molecule has 8 nitrogen and oxygen atoms in total. The molecule has 2 N–H and O–H groups in total. The van der Waals surface area contributed by atoms with Crippen molar-refractivity contribution >= 4 is 29.6 Å². The lowest BCUT2D eigenvalue weighted by atomic mass is 9.84. The molecule has 2 aliphatic heterocycles. The Kier molecular flexibility index (Phi) is 9.48. The van der Waals surface area contributed by atoms with Gasteiger partial charge in [0.05, 0.1) is 25.0 Å².